The highest BCUT2D eigenvalue weighted by molar-refractivity contribution is 5.80. The molecule has 0 radical (unpaired) electrons. The van der Waals surface area contributed by atoms with Gasteiger partial charge >= 0.3 is 18.0 Å². The average Bonchev–Trinajstić information content (AvgIpc) is 2.47. The molecular formula is C18H31NO6. The Hall–Kier alpha value is -2.05. The summed E-state index contributed by atoms with van der Waals surface area (Å²) in [5.41, 5.74) is -0.620. The molecule has 7 nitrogen and oxygen atoms in total. The van der Waals surface area contributed by atoms with E-state index in [0.717, 1.165) is 0 Å². The lowest BCUT2D eigenvalue weighted by atomic mass is 10.1. The molecule has 0 aromatic heterocycles. The zero-order valence-corrected chi connectivity index (χ0v) is 16.1. The largest absolute Gasteiger partial charge is 0.459 e. The van der Waals surface area contributed by atoms with Crippen molar-refractivity contribution in [2.45, 2.75) is 59.7 Å². The predicted octanol–water partition coefficient (Wildman–Crippen LogP) is 2.83. The lowest BCUT2D eigenvalue weighted by Gasteiger charge is -2.22. The van der Waals surface area contributed by atoms with Crippen LogP contribution in [0.2, 0.25) is 0 Å². The number of ether oxygens (including phenoxy) is 3. The van der Waals surface area contributed by atoms with Crippen LogP contribution in [-0.4, -0.2) is 42.9 Å². The van der Waals surface area contributed by atoms with Gasteiger partial charge in [0.05, 0.1) is 5.92 Å². The summed E-state index contributed by atoms with van der Waals surface area (Å²) in [4.78, 5) is 35.8. The molecule has 0 aliphatic rings. The highest BCUT2D eigenvalue weighted by Crippen LogP contribution is 2.13. The third kappa shape index (κ3) is 11.2. The number of alkyl carbamates (subject to hydrolysis) is 1. The highest BCUT2D eigenvalue weighted by atomic mass is 16.6. The van der Waals surface area contributed by atoms with Gasteiger partial charge < -0.3 is 19.5 Å². The van der Waals surface area contributed by atoms with E-state index in [4.69, 9.17) is 14.2 Å². The SMILES string of the molecule is C=CCOC(=O)[C@H](CC(C)C)OC(=O)[C@H](C)CNC(=O)OC(C)(C)C. The Morgan fingerprint density at radius 3 is 2.20 bits per heavy atom. The van der Waals surface area contributed by atoms with Crippen molar-refractivity contribution in [3.8, 4) is 0 Å². The van der Waals surface area contributed by atoms with E-state index < -0.39 is 35.7 Å². The van der Waals surface area contributed by atoms with E-state index in [-0.39, 0.29) is 19.1 Å². The molecule has 0 rings (SSSR count). The van der Waals surface area contributed by atoms with Gasteiger partial charge in [0.15, 0.2) is 6.10 Å². The number of carbonyl (C=O) groups excluding carboxylic acids is 3. The van der Waals surface area contributed by atoms with Crippen molar-refractivity contribution in [1.29, 1.82) is 0 Å². The number of rotatable bonds is 9. The van der Waals surface area contributed by atoms with E-state index >= 15 is 0 Å². The second-order valence-corrected chi connectivity index (χ2v) is 7.26. The number of hydrogen-bond donors (Lipinski definition) is 1. The molecule has 0 saturated carbocycles. The second-order valence-electron chi connectivity index (χ2n) is 7.26. The molecule has 0 aromatic carbocycles. The first-order chi connectivity index (χ1) is 11.5. The Balaban J connectivity index is 4.58. The summed E-state index contributed by atoms with van der Waals surface area (Å²) in [6.45, 7) is 14.2. The number of carbonyl (C=O) groups is 3. The van der Waals surface area contributed by atoms with Gasteiger partial charge in [-0.2, -0.15) is 0 Å². The molecule has 0 aliphatic carbocycles. The monoisotopic (exact) mass is 357 g/mol. The fourth-order valence-electron chi connectivity index (χ4n) is 1.74. The lowest BCUT2D eigenvalue weighted by molar-refractivity contribution is -0.170. The molecule has 144 valence electrons. The predicted molar refractivity (Wildman–Crippen MR) is 93.9 cm³/mol. The molecule has 0 fully saturated rings. The molecule has 2 atom stereocenters. The molecule has 1 amide bonds. The maximum atomic E-state index is 12.2. The third-order valence-electron chi connectivity index (χ3n) is 2.90. The van der Waals surface area contributed by atoms with Crippen LogP contribution in [0.3, 0.4) is 0 Å². The molecule has 7 heteroatoms. The third-order valence-corrected chi connectivity index (χ3v) is 2.90. The van der Waals surface area contributed by atoms with Crippen molar-refractivity contribution in [2.75, 3.05) is 13.2 Å². The van der Waals surface area contributed by atoms with Crippen LogP contribution < -0.4 is 5.32 Å². The van der Waals surface area contributed by atoms with Crippen LogP contribution in [0, 0.1) is 11.8 Å². The number of esters is 2. The Bertz CT molecular complexity index is 467. The van der Waals surface area contributed by atoms with E-state index in [1.54, 1.807) is 27.7 Å². The Labute approximate surface area is 150 Å². The van der Waals surface area contributed by atoms with E-state index in [9.17, 15) is 14.4 Å². The first-order valence-corrected chi connectivity index (χ1v) is 8.41. The van der Waals surface area contributed by atoms with Crippen molar-refractivity contribution >= 4 is 18.0 Å². The van der Waals surface area contributed by atoms with E-state index in [2.05, 4.69) is 11.9 Å². The molecule has 0 aromatic rings. The summed E-state index contributed by atoms with van der Waals surface area (Å²) in [5.74, 6) is -1.68. The van der Waals surface area contributed by atoms with Gasteiger partial charge in [0, 0.05) is 6.54 Å². The average molecular weight is 357 g/mol. The van der Waals surface area contributed by atoms with Gasteiger partial charge in [0.25, 0.3) is 0 Å². The van der Waals surface area contributed by atoms with Crippen LogP contribution in [0.4, 0.5) is 4.79 Å². The molecule has 0 saturated heterocycles. The number of hydrogen-bond acceptors (Lipinski definition) is 6. The van der Waals surface area contributed by atoms with Gasteiger partial charge in [-0.25, -0.2) is 9.59 Å². The van der Waals surface area contributed by atoms with Gasteiger partial charge in [-0.05, 0) is 33.1 Å². The molecular weight excluding hydrogens is 326 g/mol. The van der Waals surface area contributed by atoms with Crippen molar-refractivity contribution < 1.29 is 28.6 Å². The normalized spacial score (nSPS) is 13.6. The van der Waals surface area contributed by atoms with Gasteiger partial charge in [0.2, 0.25) is 0 Å². The minimum atomic E-state index is -0.976. The Kier molecular flexibility index (Phi) is 9.86. The summed E-state index contributed by atoms with van der Waals surface area (Å²) in [5, 5.41) is 2.51. The molecule has 0 heterocycles. The fourth-order valence-corrected chi connectivity index (χ4v) is 1.74. The zero-order valence-electron chi connectivity index (χ0n) is 16.1. The van der Waals surface area contributed by atoms with E-state index in [0.29, 0.717) is 6.42 Å². The number of nitrogens with one attached hydrogen (secondary N) is 1. The molecule has 0 bridgehead atoms. The summed E-state index contributed by atoms with van der Waals surface area (Å²) in [6, 6.07) is 0. The van der Waals surface area contributed by atoms with Gasteiger partial charge in [-0.3, -0.25) is 4.79 Å². The quantitative estimate of drug-likeness (QED) is 0.388. The Morgan fingerprint density at radius 2 is 1.72 bits per heavy atom. The van der Waals surface area contributed by atoms with Gasteiger partial charge in [0.1, 0.15) is 12.2 Å². The second kappa shape index (κ2) is 10.7. The highest BCUT2D eigenvalue weighted by Gasteiger charge is 2.28. The van der Waals surface area contributed by atoms with Crippen molar-refractivity contribution in [1.82, 2.24) is 5.32 Å². The molecule has 0 spiro atoms. The first-order valence-electron chi connectivity index (χ1n) is 8.41. The number of amides is 1. The first kappa shape index (κ1) is 22.9. The standard InChI is InChI=1S/C18H31NO6/c1-8-9-23-16(21)14(10-12(2)3)24-15(20)13(4)11-19-17(22)25-18(5,6)7/h8,12-14H,1,9-11H2,2-7H3,(H,19,22)/t13-,14+/m1/s1. The van der Waals surface area contributed by atoms with Crippen LogP contribution in [0.5, 0.6) is 0 Å². The minimum absolute atomic E-state index is 0.0455. The zero-order chi connectivity index (χ0) is 19.6. The van der Waals surface area contributed by atoms with Crippen molar-refractivity contribution in [3.05, 3.63) is 12.7 Å². The lowest BCUT2D eigenvalue weighted by Crippen LogP contribution is -2.38. The summed E-state index contributed by atoms with van der Waals surface area (Å²) >= 11 is 0. The van der Waals surface area contributed by atoms with Gasteiger partial charge in [-0.1, -0.05) is 33.4 Å². The fraction of sp³-hybridized carbons (Fsp3) is 0.722. The summed E-state index contributed by atoms with van der Waals surface area (Å²) in [6.07, 6.45) is 0.209. The van der Waals surface area contributed by atoms with E-state index in [1.807, 2.05) is 13.8 Å². The van der Waals surface area contributed by atoms with E-state index in [1.165, 1.54) is 6.08 Å². The van der Waals surface area contributed by atoms with Gasteiger partial charge in [-0.15, -0.1) is 0 Å². The van der Waals surface area contributed by atoms with Crippen LogP contribution in [0.1, 0.15) is 48.0 Å². The maximum absolute atomic E-state index is 12.2. The van der Waals surface area contributed by atoms with Crippen molar-refractivity contribution in [2.24, 2.45) is 11.8 Å². The molecule has 0 aliphatic heterocycles. The van der Waals surface area contributed by atoms with Crippen LogP contribution in [0.15, 0.2) is 12.7 Å². The summed E-state index contributed by atoms with van der Waals surface area (Å²) in [7, 11) is 0. The smallest absolute Gasteiger partial charge is 0.407 e. The van der Waals surface area contributed by atoms with Crippen molar-refractivity contribution in [3.63, 3.8) is 0 Å². The molecule has 1 N–H and O–H groups in total. The van der Waals surface area contributed by atoms with Crippen LogP contribution in [-0.2, 0) is 23.8 Å². The Morgan fingerprint density at radius 1 is 1.12 bits per heavy atom. The topological polar surface area (TPSA) is 90.9 Å². The van der Waals surface area contributed by atoms with Crippen LogP contribution >= 0.6 is 0 Å². The minimum Gasteiger partial charge on any atom is -0.459 e. The molecule has 0 unspecified atom stereocenters. The molecule has 25 heavy (non-hydrogen) atoms. The maximum Gasteiger partial charge on any atom is 0.407 e. The van der Waals surface area contributed by atoms with Crippen LogP contribution in [0.25, 0.3) is 0 Å². The summed E-state index contributed by atoms with van der Waals surface area (Å²) < 4.78 is 15.3.